The molecule has 1 unspecified atom stereocenters. The van der Waals surface area contributed by atoms with Crippen molar-refractivity contribution in [1.82, 2.24) is 14.7 Å². The van der Waals surface area contributed by atoms with E-state index in [4.69, 9.17) is 5.11 Å². The van der Waals surface area contributed by atoms with Gasteiger partial charge in [0.05, 0.1) is 6.20 Å². The summed E-state index contributed by atoms with van der Waals surface area (Å²) in [7, 11) is 1.43. The molecule has 0 radical (unpaired) electrons. The van der Waals surface area contributed by atoms with E-state index in [-0.39, 0.29) is 0 Å². The molecule has 0 saturated carbocycles. The Morgan fingerprint density at radius 1 is 1.75 bits per heavy atom. The monoisotopic (exact) mass is 225 g/mol. The van der Waals surface area contributed by atoms with Gasteiger partial charge in [-0.25, -0.2) is 4.79 Å². The largest absolute Gasteiger partial charge is 0.479 e. The van der Waals surface area contributed by atoms with Crippen LogP contribution in [0.4, 0.5) is 0 Å². The summed E-state index contributed by atoms with van der Waals surface area (Å²) in [5.41, 5.74) is 0.510. The Kier molecular flexibility index (Phi) is 4.04. The number of carbonyl (C=O) groups excluding carboxylic acids is 1. The number of rotatable bonds is 6. The van der Waals surface area contributed by atoms with Gasteiger partial charge in [0, 0.05) is 25.4 Å². The standard InChI is InChI=1S/C10H15N3O3/c1-3-4-13-6-8(5-11-13)9(10(15)16)12(2)7-14/h5-7,9H,3-4H2,1-2H3,(H,15,16). The topological polar surface area (TPSA) is 75.4 Å². The van der Waals surface area contributed by atoms with Gasteiger partial charge in [0.15, 0.2) is 6.04 Å². The SMILES string of the molecule is CCCn1cc(C(C(=O)O)N(C)C=O)cn1. The van der Waals surface area contributed by atoms with Crippen LogP contribution >= 0.6 is 0 Å². The molecule has 1 aromatic rings. The van der Waals surface area contributed by atoms with Gasteiger partial charge in [0.2, 0.25) is 6.41 Å². The fourth-order valence-electron chi connectivity index (χ4n) is 1.48. The molecule has 1 atom stereocenters. The lowest BCUT2D eigenvalue weighted by atomic mass is 10.1. The van der Waals surface area contributed by atoms with Gasteiger partial charge >= 0.3 is 5.97 Å². The first kappa shape index (κ1) is 12.2. The van der Waals surface area contributed by atoms with E-state index in [1.54, 1.807) is 10.9 Å². The lowest BCUT2D eigenvalue weighted by molar-refractivity contribution is -0.145. The van der Waals surface area contributed by atoms with Gasteiger partial charge in [-0.05, 0) is 6.42 Å². The molecule has 0 saturated heterocycles. The van der Waals surface area contributed by atoms with E-state index in [2.05, 4.69) is 5.10 Å². The number of hydrogen-bond donors (Lipinski definition) is 1. The van der Waals surface area contributed by atoms with Gasteiger partial charge < -0.3 is 10.0 Å². The van der Waals surface area contributed by atoms with Crippen LogP contribution in [0.15, 0.2) is 12.4 Å². The highest BCUT2D eigenvalue weighted by atomic mass is 16.4. The quantitative estimate of drug-likeness (QED) is 0.715. The van der Waals surface area contributed by atoms with Crippen LogP contribution in [0.5, 0.6) is 0 Å². The summed E-state index contributed by atoms with van der Waals surface area (Å²) in [5, 5.41) is 13.1. The number of aryl methyl sites for hydroxylation is 1. The van der Waals surface area contributed by atoms with Crippen molar-refractivity contribution in [1.29, 1.82) is 0 Å². The molecule has 0 aliphatic heterocycles. The molecule has 6 heteroatoms. The van der Waals surface area contributed by atoms with Crippen molar-refractivity contribution in [2.75, 3.05) is 7.05 Å². The van der Waals surface area contributed by atoms with Gasteiger partial charge in [-0.1, -0.05) is 6.92 Å². The van der Waals surface area contributed by atoms with Gasteiger partial charge in [0.25, 0.3) is 0 Å². The van der Waals surface area contributed by atoms with Crippen LogP contribution in [-0.2, 0) is 16.1 Å². The molecule has 0 aliphatic carbocycles. The highest BCUT2D eigenvalue weighted by Gasteiger charge is 2.25. The van der Waals surface area contributed by atoms with Crippen molar-refractivity contribution in [2.45, 2.75) is 25.9 Å². The lowest BCUT2D eigenvalue weighted by Crippen LogP contribution is -2.29. The van der Waals surface area contributed by atoms with Gasteiger partial charge in [-0.3, -0.25) is 9.48 Å². The van der Waals surface area contributed by atoms with Crippen molar-refractivity contribution in [2.24, 2.45) is 0 Å². The van der Waals surface area contributed by atoms with Gasteiger partial charge in [0.1, 0.15) is 0 Å². The number of carboxylic acids is 1. The zero-order valence-corrected chi connectivity index (χ0v) is 9.33. The second-order valence-corrected chi connectivity index (χ2v) is 3.55. The van der Waals surface area contributed by atoms with E-state index in [1.807, 2.05) is 6.92 Å². The van der Waals surface area contributed by atoms with Crippen LogP contribution in [0.25, 0.3) is 0 Å². The Balaban J connectivity index is 2.92. The van der Waals surface area contributed by atoms with E-state index in [1.165, 1.54) is 13.2 Å². The first-order valence-electron chi connectivity index (χ1n) is 5.02. The molecule has 1 rings (SSSR count). The van der Waals surface area contributed by atoms with E-state index >= 15 is 0 Å². The van der Waals surface area contributed by atoms with Crippen LogP contribution in [0, 0.1) is 0 Å². The van der Waals surface area contributed by atoms with Gasteiger partial charge in [-0.2, -0.15) is 5.10 Å². The molecule has 1 heterocycles. The van der Waals surface area contributed by atoms with Crippen molar-refractivity contribution in [3.63, 3.8) is 0 Å². The Morgan fingerprint density at radius 2 is 2.44 bits per heavy atom. The Bertz CT molecular complexity index is 375. The fourth-order valence-corrected chi connectivity index (χ4v) is 1.48. The summed E-state index contributed by atoms with van der Waals surface area (Å²) in [4.78, 5) is 22.7. The molecule has 1 N–H and O–H groups in total. The molecule has 1 aromatic heterocycles. The van der Waals surface area contributed by atoms with Crippen LogP contribution in [0.1, 0.15) is 24.9 Å². The fraction of sp³-hybridized carbons (Fsp3) is 0.500. The summed E-state index contributed by atoms with van der Waals surface area (Å²) in [6.07, 6.45) is 4.55. The average molecular weight is 225 g/mol. The van der Waals surface area contributed by atoms with Gasteiger partial charge in [-0.15, -0.1) is 0 Å². The van der Waals surface area contributed by atoms with Crippen molar-refractivity contribution >= 4 is 12.4 Å². The summed E-state index contributed by atoms with van der Waals surface area (Å²) < 4.78 is 1.67. The molecule has 1 amide bonds. The predicted molar refractivity (Wildman–Crippen MR) is 56.7 cm³/mol. The second kappa shape index (κ2) is 5.29. The zero-order valence-electron chi connectivity index (χ0n) is 9.33. The van der Waals surface area contributed by atoms with Crippen molar-refractivity contribution < 1.29 is 14.7 Å². The first-order chi connectivity index (χ1) is 7.60. The van der Waals surface area contributed by atoms with E-state index in [0.29, 0.717) is 12.0 Å². The molecule has 0 fully saturated rings. The predicted octanol–water partition coefficient (Wildman–Crippen LogP) is 0.507. The molecular weight excluding hydrogens is 210 g/mol. The number of aromatic nitrogens is 2. The third-order valence-corrected chi connectivity index (χ3v) is 2.23. The maximum Gasteiger partial charge on any atom is 0.331 e. The smallest absolute Gasteiger partial charge is 0.331 e. The minimum absolute atomic E-state index is 0.496. The summed E-state index contributed by atoms with van der Waals surface area (Å²) in [6.45, 7) is 2.74. The number of aliphatic carboxylic acids is 1. The Hall–Kier alpha value is -1.85. The Morgan fingerprint density at radius 3 is 2.94 bits per heavy atom. The number of nitrogens with zero attached hydrogens (tertiary/aromatic N) is 3. The van der Waals surface area contributed by atoms with Crippen LogP contribution in [0.2, 0.25) is 0 Å². The van der Waals surface area contributed by atoms with Crippen LogP contribution < -0.4 is 0 Å². The molecule has 0 aliphatic rings. The average Bonchev–Trinajstić information content (AvgIpc) is 2.66. The molecule has 0 bridgehead atoms. The maximum absolute atomic E-state index is 11.0. The third-order valence-electron chi connectivity index (χ3n) is 2.23. The highest BCUT2D eigenvalue weighted by Crippen LogP contribution is 2.17. The Labute approximate surface area is 93.5 Å². The van der Waals surface area contributed by atoms with E-state index < -0.39 is 12.0 Å². The molecule has 88 valence electrons. The number of amides is 1. The number of carboxylic acid groups (broad SMARTS) is 1. The second-order valence-electron chi connectivity index (χ2n) is 3.55. The van der Waals surface area contributed by atoms with E-state index in [9.17, 15) is 9.59 Å². The maximum atomic E-state index is 11.0. The number of hydrogen-bond acceptors (Lipinski definition) is 3. The minimum Gasteiger partial charge on any atom is -0.479 e. The number of likely N-dealkylation sites (N-methyl/N-ethyl adjacent to an activating group) is 1. The van der Waals surface area contributed by atoms with Crippen molar-refractivity contribution in [3.8, 4) is 0 Å². The van der Waals surface area contributed by atoms with E-state index in [0.717, 1.165) is 17.9 Å². The summed E-state index contributed by atoms with van der Waals surface area (Å²) in [6, 6.07) is -0.969. The molecule has 0 spiro atoms. The minimum atomic E-state index is -1.06. The molecule has 0 aromatic carbocycles. The number of carbonyl (C=O) groups is 2. The first-order valence-corrected chi connectivity index (χ1v) is 5.02. The lowest BCUT2D eigenvalue weighted by Gasteiger charge is -2.18. The molecule has 16 heavy (non-hydrogen) atoms. The molecular formula is C10H15N3O3. The van der Waals surface area contributed by atoms with Crippen LogP contribution in [-0.4, -0.2) is 39.2 Å². The third kappa shape index (κ3) is 2.59. The zero-order chi connectivity index (χ0) is 12.1. The molecule has 6 nitrogen and oxygen atoms in total. The summed E-state index contributed by atoms with van der Waals surface area (Å²) in [5.74, 6) is -1.06. The van der Waals surface area contributed by atoms with Crippen molar-refractivity contribution in [3.05, 3.63) is 18.0 Å². The normalized spacial score (nSPS) is 12.1. The summed E-state index contributed by atoms with van der Waals surface area (Å²) >= 11 is 0. The highest BCUT2D eigenvalue weighted by molar-refractivity contribution is 5.77. The van der Waals surface area contributed by atoms with Crippen LogP contribution in [0.3, 0.4) is 0 Å².